The maximum Gasteiger partial charge on any atom is 0.328 e. The van der Waals surface area contributed by atoms with E-state index in [2.05, 4.69) is 46.5 Å². The molecule has 1 aromatic carbocycles. The summed E-state index contributed by atoms with van der Waals surface area (Å²) in [5.74, 6) is -0.928. The summed E-state index contributed by atoms with van der Waals surface area (Å²) < 4.78 is 8.31. The molecule has 0 unspecified atom stereocenters. The third-order valence-electron chi connectivity index (χ3n) is 7.76. The molecule has 45 heavy (non-hydrogen) atoms. The number of carboxylic acids is 1. The van der Waals surface area contributed by atoms with E-state index in [4.69, 9.17) is 9.84 Å². The average molecular weight is 677 g/mol. The Kier molecular flexibility index (Phi) is 9.28. The number of aromatic nitrogens is 5. The monoisotopic (exact) mass is 675 g/mol. The number of amides is 2. The highest BCUT2D eigenvalue weighted by atomic mass is 79.9. The Morgan fingerprint density at radius 2 is 1.84 bits per heavy atom. The smallest absolute Gasteiger partial charge is 0.328 e. The van der Waals surface area contributed by atoms with E-state index < -0.39 is 23.3 Å². The van der Waals surface area contributed by atoms with Gasteiger partial charge in [-0.3, -0.25) is 9.59 Å². The van der Waals surface area contributed by atoms with Crippen molar-refractivity contribution in [1.82, 2.24) is 29.8 Å². The van der Waals surface area contributed by atoms with Gasteiger partial charge in [0, 0.05) is 42.0 Å². The summed E-state index contributed by atoms with van der Waals surface area (Å²) in [6.45, 7) is 5.17. The number of halogens is 1. The summed E-state index contributed by atoms with van der Waals surface area (Å²) >= 11 is 3.42. The van der Waals surface area contributed by atoms with Gasteiger partial charge < -0.3 is 25.0 Å². The second-order valence-electron chi connectivity index (χ2n) is 11.3. The van der Waals surface area contributed by atoms with Crippen molar-refractivity contribution in [2.45, 2.75) is 57.9 Å². The molecular weight excluding hydrogens is 642 g/mol. The second-order valence-corrected chi connectivity index (χ2v) is 12.3. The number of benzene rings is 1. The first kappa shape index (κ1) is 31.8. The third kappa shape index (κ3) is 6.88. The Hall–Kier alpha value is -4.65. The minimum atomic E-state index is -1.33. The minimum absolute atomic E-state index is 0.0652. The number of rotatable bonds is 10. The number of hydrogen-bond donors (Lipinski definition) is 3. The van der Waals surface area contributed by atoms with Crippen LogP contribution in [-0.4, -0.2) is 59.5 Å². The normalized spacial score (nSPS) is 13.8. The Morgan fingerprint density at radius 1 is 1.13 bits per heavy atom. The quantitative estimate of drug-likeness (QED) is 0.185. The molecule has 234 valence electrons. The van der Waals surface area contributed by atoms with Crippen molar-refractivity contribution in [3.63, 3.8) is 0 Å². The summed E-state index contributed by atoms with van der Waals surface area (Å²) in [6, 6.07) is 5.58. The molecule has 2 amide bonds. The van der Waals surface area contributed by atoms with Crippen molar-refractivity contribution in [2.75, 3.05) is 11.9 Å². The van der Waals surface area contributed by atoms with Crippen LogP contribution in [0, 0.1) is 0 Å². The van der Waals surface area contributed by atoms with E-state index in [0.717, 1.165) is 40.0 Å². The predicted octanol–water partition coefficient (Wildman–Crippen LogP) is 5.49. The molecule has 3 heterocycles. The molecular formula is C32H34BrN7O5. The van der Waals surface area contributed by atoms with Crippen LogP contribution in [0.5, 0.6) is 5.88 Å². The SMILES string of the molecule is CCOc1nc(NC(=O)C(C)(C)NC(=O)c2ccc3c(C4CCCC4)c(-c4ncc(Br)cn4)n(C)c3c2)cnc1/C=C/C(=O)O. The Labute approximate surface area is 268 Å². The Morgan fingerprint density at radius 3 is 2.51 bits per heavy atom. The number of aryl methyl sites for hydroxylation is 1. The second kappa shape index (κ2) is 13.1. The number of nitrogens with zero attached hydrogens (tertiary/aromatic N) is 5. The van der Waals surface area contributed by atoms with Crippen LogP contribution in [0.25, 0.3) is 28.5 Å². The summed E-state index contributed by atoms with van der Waals surface area (Å²) in [7, 11) is 1.96. The Balaban J connectivity index is 1.39. The number of anilines is 1. The minimum Gasteiger partial charge on any atom is -0.478 e. The van der Waals surface area contributed by atoms with Crippen LogP contribution in [0.15, 0.2) is 47.3 Å². The lowest BCUT2D eigenvalue weighted by atomic mass is 9.93. The summed E-state index contributed by atoms with van der Waals surface area (Å²) in [6.07, 6.45) is 11.5. The zero-order valence-electron chi connectivity index (χ0n) is 25.4. The first-order valence-electron chi connectivity index (χ1n) is 14.6. The van der Waals surface area contributed by atoms with Crippen LogP contribution in [0.4, 0.5) is 5.82 Å². The van der Waals surface area contributed by atoms with Gasteiger partial charge >= 0.3 is 5.97 Å². The number of carboxylic acid groups (broad SMARTS) is 1. The van der Waals surface area contributed by atoms with Gasteiger partial charge in [-0.2, -0.15) is 4.98 Å². The molecule has 1 fully saturated rings. The molecule has 0 spiro atoms. The Bertz CT molecular complexity index is 1790. The standard InChI is InChI=1S/C32H34BrN7O5/c1-5-45-30-22(12-13-25(41)42)34-17-24(37-30)38-31(44)32(2,3)39-29(43)19-10-11-21-23(14-19)40(4)27(26(21)18-8-6-7-9-18)28-35-15-20(33)16-36-28/h10-18H,5-9H2,1-4H3,(H,39,43)(H,41,42)(H,37,38,44)/b13-12+. The highest BCUT2D eigenvalue weighted by Gasteiger charge is 2.32. The van der Waals surface area contributed by atoms with Gasteiger partial charge in [-0.1, -0.05) is 18.9 Å². The van der Waals surface area contributed by atoms with E-state index in [1.54, 1.807) is 39.2 Å². The van der Waals surface area contributed by atoms with Crippen LogP contribution in [-0.2, 0) is 16.6 Å². The van der Waals surface area contributed by atoms with Gasteiger partial charge in [-0.15, -0.1) is 0 Å². The number of ether oxygens (including phenoxy) is 1. The lowest BCUT2D eigenvalue weighted by Gasteiger charge is -2.25. The van der Waals surface area contributed by atoms with Crippen molar-refractivity contribution < 1.29 is 24.2 Å². The molecule has 3 N–H and O–H groups in total. The topological polar surface area (TPSA) is 161 Å². The summed E-state index contributed by atoms with van der Waals surface area (Å²) in [5, 5.41) is 15.5. The summed E-state index contributed by atoms with van der Waals surface area (Å²) in [4.78, 5) is 55.3. The molecule has 3 aromatic heterocycles. The van der Waals surface area contributed by atoms with Gasteiger partial charge in [0.2, 0.25) is 5.88 Å². The molecule has 0 saturated heterocycles. The van der Waals surface area contributed by atoms with Crippen LogP contribution in [0.3, 0.4) is 0 Å². The van der Waals surface area contributed by atoms with Gasteiger partial charge in [0.15, 0.2) is 11.6 Å². The first-order chi connectivity index (χ1) is 21.5. The van der Waals surface area contributed by atoms with Crippen LogP contribution < -0.4 is 15.4 Å². The van der Waals surface area contributed by atoms with Crippen molar-refractivity contribution in [2.24, 2.45) is 7.05 Å². The number of carbonyl (C=O) groups is 3. The summed E-state index contributed by atoms with van der Waals surface area (Å²) in [5.41, 5.74) is 2.30. The van der Waals surface area contributed by atoms with Crippen LogP contribution in [0.1, 0.15) is 74.0 Å². The van der Waals surface area contributed by atoms with Crippen molar-refractivity contribution in [1.29, 1.82) is 0 Å². The fourth-order valence-corrected chi connectivity index (χ4v) is 5.78. The van der Waals surface area contributed by atoms with Gasteiger partial charge in [-0.05, 0) is 79.2 Å². The molecule has 1 aliphatic rings. The maximum atomic E-state index is 13.5. The van der Waals surface area contributed by atoms with Crippen molar-refractivity contribution in [3.05, 3.63) is 64.2 Å². The van der Waals surface area contributed by atoms with E-state index in [0.29, 0.717) is 17.3 Å². The molecule has 0 radical (unpaired) electrons. The molecule has 1 saturated carbocycles. The number of aliphatic carboxylic acids is 1. The van der Waals surface area contributed by atoms with E-state index >= 15 is 0 Å². The fourth-order valence-electron chi connectivity index (χ4n) is 5.57. The predicted molar refractivity (Wildman–Crippen MR) is 173 cm³/mol. The van der Waals surface area contributed by atoms with Gasteiger partial charge in [0.25, 0.3) is 11.8 Å². The molecule has 0 aliphatic heterocycles. The molecule has 0 bridgehead atoms. The van der Waals surface area contributed by atoms with Crippen molar-refractivity contribution in [3.8, 4) is 17.4 Å². The number of fused-ring (bicyclic) bond motifs is 1. The lowest BCUT2D eigenvalue weighted by Crippen LogP contribution is -2.52. The fraction of sp³-hybridized carbons (Fsp3) is 0.344. The highest BCUT2D eigenvalue weighted by Crippen LogP contribution is 2.44. The van der Waals surface area contributed by atoms with Crippen LogP contribution >= 0.6 is 15.9 Å². The number of carbonyl (C=O) groups excluding carboxylic acids is 2. The molecule has 5 rings (SSSR count). The zero-order chi connectivity index (χ0) is 32.3. The van der Waals surface area contributed by atoms with Crippen LogP contribution in [0.2, 0.25) is 0 Å². The zero-order valence-corrected chi connectivity index (χ0v) is 27.0. The molecule has 4 aromatic rings. The van der Waals surface area contributed by atoms with Crippen molar-refractivity contribution >= 4 is 56.5 Å². The average Bonchev–Trinajstić information content (AvgIpc) is 3.63. The van der Waals surface area contributed by atoms with E-state index in [-0.39, 0.29) is 24.0 Å². The van der Waals surface area contributed by atoms with E-state index in [9.17, 15) is 14.4 Å². The molecule has 12 nitrogen and oxygen atoms in total. The molecule has 1 aliphatic carbocycles. The third-order valence-corrected chi connectivity index (χ3v) is 8.17. The molecule has 0 atom stereocenters. The van der Waals surface area contributed by atoms with E-state index in [1.165, 1.54) is 30.7 Å². The molecule has 13 heteroatoms. The van der Waals surface area contributed by atoms with E-state index in [1.807, 2.05) is 23.7 Å². The van der Waals surface area contributed by atoms with Gasteiger partial charge in [-0.25, -0.2) is 19.7 Å². The highest BCUT2D eigenvalue weighted by molar-refractivity contribution is 9.10. The van der Waals surface area contributed by atoms with Gasteiger partial charge in [0.05, 0.1) is 23.0 Å². The maximum absolute atomic E-state index is 13.5. The van der Waals surface area contributed by atoms with Gasteiger partial charge in [0.1, 0.15) is 11.2 Å². The first-order valence-corrected chi connectivity index (χ1v) is 15.4. The largest absolute Gasteiger partial charge is 0.478 e. The lowest BCUT2D eigenvalue weighted by molar-refractivity contribution is -0.131. The number of nitrogens with one attached hydrogen (secondary N) is 2. The number of hydrogen-bond acceptors (Lipinski definition) is 8.